The number of alkyl carbamates (subject to hydrolysis) is 1. The Bertz CT molecular complexity index is 1400. The van der Waals surface area contributed by atoms with Crippen molar-refractivity contribution >= 4 is 61.1 Å². The van der Waals surface area contributed by atoms with Gasteiger partial charge < -0.3 is 25.3 Å². The van der Waals surface area contributed by atoms with E-state index in [1.807, 2.05) is 18.3 Å². The fourth-order valence-corrected chi connectivity index (χ4v) is 6.93. The van der Waals surface area contributed by atoms with Gasteiger partial charge in [-0.15, -0.1) is 0 Å². The highest BCUT2D eigenvalue weighted by atomic mass is 79.9. The number of nitrogens with zero attached hydrogens (tertiary/aromatic N) is 2. The van der Waals surface area contributed by atoms with Crippen LogP contribution in [0.4, 0.5) is 4.79 Å². The van der Waals surface area contributed by atoms with E-state index in [0.717, 1.165) is 22.4 Å². The Morgan fingerprint density at radius 2 is 1.82 bits per heavy atom. The second-order valence-electron chi connectivity index (χ2n) is 10.9. The molecule has 1 aromatic heterocycles. The number of halogens is 2. The number of ether oxygens (including phenoxy) is 1. The van der Waals surface area contributed by atoms with Crippen LogP contribution in [0.15, 0.2) is 43.6 Å². The summed E-state index contributed by atoms with van der Waals surface area (Å²) in [5, 5.41) is 8.67. The molecule has 4 aliphatic rings. The standard InChI is InChI=1S/C27H29Br2N5O5/c1-26(2,3)39-25(38)33-9-8-30-17(35)13-34-12-14-4-6-31-20-18(14)22(34)24(37)21-19(20)27(5-7-32-21)10-15(28)23(36)16(29)11-27/h10-12,32H,4-9,13H2,1-3H3,(H,30,35)(H,33,38). The molecule has 0 bridgehead atoms. The summed E-state index contributed by atoms with van der Waals surface area (Å²) in [4.78, 5) is 55.8. The average molecular weight is 663 g/mol. The zero-order valence-corrected chi connectivity index (χ0v) is 25.0. The first-order chi connectivity index (χ1) is 18.4. The van der Waals surface area contributed by atoms with Gasteiger partial charge >= 0.3 is 6.09 Å². The quantitative estimate of drug-likeness (QED) is 0.416. The van der Waals surface area contributed by atoms with Gasteiger partial charge in [0.25, 0.3) is 0 Å². The number of hydrogen-bond acceptors (Lipinski definition) is 7. The Labute approximate surface area is 242 Å². The number of carbonyl (C=O) groups is 4. The highest BCUT2D eigenvalue weighted by molar-refractivity contribution is 9.13. The number of fused-ring (bicyclic) bond motifs is 2. The maximum Gasteiger partial charge on any atom is 0.407 e. The third kappa shape index (κ3) is 5.16. The van der Waals surface area contributed by atoms with Gasteiger partial charge in [0.15, 0.2) is 0 Å². The lowest BCUT2D eigenvalue weighted by Gasteiger charge is -2.41. The molecule has 0 unspecified atom stereocenters. The molecule has 1 aromatic rings. The smallest absolute Gasteiger partial charge is 0.407 e. The molecule has 12 heteroatoms. The fraction of sp³-hybridized carbons (Fsp3) is 0.444. The third-order valence-electron chi connectivity index (χ3n) is 6.91. The molecule has 39 heavy (non-hydrogen) atoms. The highest BCUT2D eigenvalue weighted by Crippen LogP contribution is 2.49. The van der Waals surface area contributed by atoms with Gasteiger partial charge in [-0.05, 0) is 71.0 Å². The van der Waals surface area contributed by atoms with E-state index in [1.54, 1.807) is 25.3 Å². The lowest BCUT2D eigenvalue weighted by molar-refractivity contribution is -0.121. The number of allylic oxidation sites excluding steroid dienone is 6. The Kier molecular flexibility index (Phi) is 7.21. The van der Waals surface area contributed by atoms with Crippen LogP contribution in [0.5, 0.6) is 0 Å². The fourth-order valence-electron chi connectivity index (χ4n) is 5.42. The lowest BCUT2D eigenvalue weighted by Crippen LogP contribution is -2.45. The van der Waals surface area contributed by atoms with Gasteiger partial charge in [-0.2, -0.15) is 0 Å². The van der Waals surface area contributed by atoms with Crippen molar-refractivity contribution in [1.29, 1.82) is 0 Å². The number of hydrogen-bond donors (Lipinski definition) is 3. The minimum Gasteiger partial charge on any atom is -0.444 e. The number of rotatable bonds is 5. The van der Waals surface area contributed by atoms with Crippen molar-refractivity contribution in [3.05, 3.63) is 55.4 Å². The monoisotopic (exact) mass is 661 g/mol. The summed E-state index contributed by atoms with van der Waals surface area (Å²) in [6, 6.07) is 0. The first-order valence-electron chi connectivity index (χ1n) is 12.8. The summed E-state index contributed by atoms with van der Waals surface area (Å²) >= 11 is 6.82. The summed E-state index contributed by atoms with van der Waals surface area (Å²) in [5.41, 5.74) is 2.84. The van der Waals surface area contributed by atoms with Crippen molar-refractivity contribution in [1.82, 2.24) is 20.5 Å². The number of nitrogens with one attached hydrogen (secondary N) is 3. The molecule has 2 amide bonds. The maximum atomic E-state index is 13.9. The molecular weight excluding hydrogens is 634 g/mol. The van der Waals surface area contributed by atoms with E-state index in [0.29, 0.717) is 46.3 Å². The van der Waals surface area contributed by atoms with Crippen LogP contribution in [0.1, 0.15) is 48.8 Å². The highest BCUT2D eigenvalue weighted by Gasteiger charge is 2.48. The van der Waals surface area contributed by atoms with Crippen molar-refractivity contribution in [2.24, 2.45) is 10.4 Å². The Hall–Kier alpha value is -2.99. The number of amides is 2. The molecule has 0 saturated heterocycles. The summed E-state index contributed by atoms with van der Waals surface area (Å²) in [5.74, 6) is -0.626. The molecule has 3 N–H and O–H groups in total. The maximum absolute atomic E-state index is 13.9. The van der Waals surface area contributed by atoms with E-state index in [1.165, 1.54) is 0 Å². The SMILES string of the molecule is CC(C)(C)OC(=O)NCCNC(=O)Cn1cc2c3c1C(=O)C1=C(C3=NCC2)C2(C=C(Br)C(=O)C(Br)=C2)CCN1. The van der Waals surface area contributed by atoms with Crippen molar-refractivity contribution < 1.29 is 23.9 Å². The van der Waals surface area contributed by atoms with Gasteiger partial charge in [-0.25, -0.2) is 4.79 Å². The van der Waals surface area contributed by atoms with Crippen molar-refractivity contribution in [2.45, 2.75) is 45.8 Å². The Balaban J connectivity index is 1.38. The van der Waals surface area contributed by atoms with Crippen LogP contribution in [0.25, 0.3) is 0 Å². The molecule has 0 saturated carbocycles. The summed E-state index contributed by atoms with van der Waals surface area (Å²) in [7, 11) is 0. The first-order valence-corrected chi connectivity index (χ1v) is 14.3. The summed E-state index contributed by atoms with van der Waals surface area (Å²) < 4.78 is 7.77. The first kappa shape index (κ1) is 27.6. The molecule has 2 aliphatic carbocycles. The Morgan fingerprint density at radius 3 is 2.51 bits per heavy atom. The molecule has 10 nitrogen and oxygen atoms in total. The van der Waals surface area contributed by atoms with Crippen LogP contribution < -0.4 is 16.0 Å². The number of Topliss-reactive ketones (excluding diaryl/α,β-unsaturated/α-hetero) is 2. The van der Waals surface area contributed by atoms with Gasteiger partial charge in [0.05, 0.1) is 20.4 Å². The molecule has 0 atom stereocenters. The van der Waals surface area contributed by atoms with E-state index in [-0.39, 0.29) is 37.1 Å². The molecule has 5 rings (SSSR count). The van der Waals surface area contributed by atoms with Gasteiger partial charge in [-0.3, -0.25) is 19.4 Å². The minimum absolute atomic E-state index is 0.0487. The number of carbonyl (C=O) groups excluding carboxylic acids is 4. The topological polar surface area (TPSA) is 131 Å². The van der Waals surface area contributed by atoms with Gasteiger partial charge in [0.2, 0.25) is 17.5 Å². The van der Waals surface area contributed by atoms with Crippen LogP contribution in [-0.2, 0) is 27.3 Å². The zero-order valence-electron chi connectivity index (χ0n) is 21.9. The predicted octanol–water partition coefficient (Wildman–Crippen LogP) is 3.04. The summed E-state index contributed by atoms with van der Waals surface area (Å²) in [6.07, 6.45) is 6.38. The largest absolute Gasteiger partial charge is 0.444 e. The molecule has 1 spiro atoms. The zero-order chi connectivity index (χ0) is 28.1. The van der Waals surface area contributed by atoms with Crippen LogP contribution in [0.3, 0.4) is 0 Å². The van der Waals surface area contributed by atoms with E-state index >= 15 is 0 Å². The Morgan fingerprint density at radius 1 is 1.13 bits per heavy atom. The van der Waals surface area contributed by atoms with Gasteiger partial charge in [-0.1, -0.05) is 12.2 Å². The van der Waals surface area contributed by atoms with Crippen molar-refractivity contribution in [3.63, 3.8) is 0 Å². The van der Waals surface area contributed by atoms with Gasteiger partial charge in [0.1, 0.15) is 17.8 Å². The second kappa shape index (κ2) is 10.2. The molecule has 3 heterocycles. The lowest BCUT2D eigenvalue weighted by atomic mass is 9.66. The molecule has 206 valence electrons. The second-order valence-corrected chi connectivity index (χ2v) is 12.6. The molecule has 2 aliphatic heterocycles. The number of aliphatic imine (C=N–C) groups is 1. The van der Waals surface area contributed by atoms with E-state index in [4.69, 9.17) is 9.73 Å². The third-order valence-corrected chi connectivity index (χ3v) is 8.09. The van der Waals surface area contributed by atoms with Crippen LogP contribution in [0.2, 0.25) is 0 Å². The van der Waals surface area contributed by atoms with Crippen LogP contribution in [0, 0.1) is 5.41 Å². The predicted molar refractivity (Wildman–Crippen MR) is 152 cm³/mol. The number of aromatic nitrogens is 1. The average Bonchev–Trinajstić information content (AvgIpc) is 3.21. The van der Waals surface area contributed by atoms with Gasteiger partial charge in [0, 0.05) is 48.9 Å². The van der Waals surface area contributed by atoms with Crippen LogP contribution >= 0.6 is 31.9 Å². The molecular formula is C27H29Br2N5O5. The van der Waals surface area contributed by atoms with E-state index in [9.17, 15) is 19.2 Å². The van der Waals surface area contributed by atoms with Crippen molar-refractivity contribution in [3.8, 4) is 0 Å². The number of ketones is 2. The minimum atomic E-state index is -0.673. The van der Waals surface area contributed by atoms with E-state index < -0.39 is 17.1 Å². The van der Waals surface area contributed by atoms with E-state index in [2.05, 4.69) is 47.8 Å². The normalized spacial score (nSPS) is 19.4. The van der Waals surface area contributed by atoms with Crippen LogP contribution in [-0.4, -0.2) is 65.6 Å². The summed E-state index contributed by atoms with van der Waals surface area (Å²) in [6.45, 7) is 6.80. The molecule has 0 radical (unpaired) electrons. The molecule has 0 fully saturated rings. The molecule has 0 aromatic carbocycles. The van der Waals surface area contributed by atoms with Crippen molar-refractivity contribution in [2.75, 3.05) is 26.2 Å².